The largest absolute Gasteiger partial charge is 0.487 e. The van der Waals surface area contributed by atoms with Gasteiger partial charge >= 0.3 is 0 Å². The van der Waals surface area contributed by atoms with Crippen molar-refractivity contribution in [1.29, 1.82) is 0 Å². The summed E-state index contributed by atoms with van der Waals surface area (Å²) in [5.41, 5.74) is 7.13. The van der Waals surface area contributed by atoms with Crippen LogP contribution in [-0.2, 0) is 40.5 Å². The van der Waals surface area contributed by atoms with E-state index in [1.54, 1.807) is 17.4 Å². The number of unbranched alkanes of at least 4 members (excludes halogenated alkanes) is 6. The molecule has 0 radical (unpaired) electrons. The molecule has 4 N–H and O–H groups in total. The monoisotopic (exact) mass is 1090 g/mol. The number of hydrogen-bond donors (Lipinski definition) is 4. The first-order chi connectivity index (χ1) is 37.2. The molecular weight excluding hydrogens is 1020 g/mol. The molecule has 19 heteroatoms. The van der Waals surface area contributed by atoms with Crippen molar-refractivity contribution in [3.8, 4) is 16.2 Å². The third-order valence-corrected chi connectivity index (χ3v) is 15.5. The molecule has 410 valence electrons. The number of anilines is 2. The number of carbonyl (C=O) groups excluding carboxylic acids is 3. The predicted octanol–water partition coefficient (Wildman–Crippen LogP) is 10.3. The minimum Gasteiger partial charge on any atom is -0.487 e. The molecule has 0 aliphatic carbocycles. The molecular formula is C58H73ClFN11O5S. The molecule has 0 saturated carbocycles. The van der Waals surface area contributed by atoms with Crippen LogP contribution in [0.15, 0.2) is 84.8 Å². The van der Waals surface area contributed by atoms with Crippen LogP contribution in [-0.4, -0.2) is 107 Å². The molecule has 2 fully saturated rings. The first-order valence-corrected chi connectivity index (χ1v) is 28.4. The summed E-state index contributed by atoms with van der Waals surface area (Å²) in [4.78, 5) is 59.3. The van der Waals surface area contributed by atoms with Crippen LogP contribution in [0.3, 0.4) is 0 Å². The summed E-state index contributed by atoms with van der Waals surface area (Å²) in [5, 5.41) is 29.4. The molecule has 3 aromatic carbocycles. The lowest BCUT2D eigenvalue weighted by Gasteiger charge is -2.35. The summed E-state index contributed by atoms with van der Waals surface area (Å²) < 4.78 is 22.2. The fourth-order valence-corrected chi connectivity index (χ4v) is 10.9. The predicted molar refractivity (Wildman–Crippen MR) is 300 cm³/mol. The highest BCUT2D eigenvalue weighted by atomic mass is 35.5. The van der Waals surface area contributed by atoms with Gasteiger partial charge in [0.2, 0.25) is 17.7 Å². The molecule has 5 heterocycles. The van der Waals surface area contributed by atoms with Crippen molar-refractivity contribution in [1.82, 2.24) is 50.4 Å². The second-order valence-electron chi connectivity index (χ2n) is 21.4. The van der Waals surface area contributed by atoms with Gasteiger partial charge in [0, 0.05) is 56.2 Å². The van der Waals surface area contributed by atoms with Crippen LogP contribution in [0.25, 0.3) is 21.3 Å². The fourth-order valence-electron chi connectivity index (χ4n) is 9.93. The minimum absolute atomic E-state index is 0.0205. The van der Waals surface area contributed by atoms with Gasteiger partial charge in [0.05, 0.1) is 38.9 Å². The average Bonchev–Trinajstić information content (AvgIpc) is 4.18. The number of fused-ring (bicyclic) bond motifs is 1. The number of β-amino-alcohol motifs (C(OH)–C–C–N with tert-alkyl or cyclic N) is 1. The maximum Gasteiger partial charge on any atom is 0.246 e. The van der Waals surface area contributed by atoms with Crippen molar-refractivity contribution in [3.05, 3.63) is 118 Å². The molecule has 2 aliphatic heterocycles. The zero-order chi connectivity index (χ0) is 54.3. The second kappa shape index (κ2) is 27.3. The molecule has 0 bridgehead atoms. The first kappa shape index (κ1) is 56.9. The van der Waals surface area contributed by atoms with Gasteiger partial charge in [-0.1, -0.05) is 113 Å². The normalized spacial score (nSPS) is 16.5. The standard InChI is InChI=1S/C58H73ClFN11O5S/c1-39-53(77-38-64-39)41-21-19-40(20-22-41)33-61-56(74)50-31-45(72)35-71(50)57(75)54(58(2,3)4)66-52(73)18-11-8-6-5-7-9-15-28-70-34-44(67-68-70)36-76-51-32-49-46(29-42(51)17-12-16-27-69-25-13-10-14-26-69)55(63-37-62-49)65-43-23-24-48(60)47(59)30-43/h12,16,19-24,29-30,32,34,37-38,45,50,54,72H,5-11,13-15,17-18,25-28,31,33,35-36H2,1-4H3,(H,61,74)(H,66,73)(H,62,63,65)/b16-12+/t45-,50+,54-/m1/s1. The van der Waals surface area contributed by atoms with Gasteiger partial charge < -0.3 is 30.7 Å². The lowest BCUT2D eigenvalue weighted by Crippen LogP contribution is -2.57. The number of likely N-dealkylation sites (tertiary alicyclic amines) is 2. The van der Waals surface area contributed by atoms with E-state index in [0.717, 1.165) is 103 Å². The Morgan fingerprint density at radius 2 is 1.71 bits per heavy atom. The molecule has 0 unspecified atom stereocenters. The van der Waals surface area contributed by atoms with Crippen LogP contribution < -0.4 is 20.7 Å². The quantitative estimate of drug-likeness (QED) is 0.0314. The van der Waals surface area contributed by atoms with Crippen LogP contribution in [0, 0.1) is 18.2 Å². The number of carbonyl (C=O) groups is 3. The summed E-state index contributed by atoms with van der Waals surface area (Å²) in [6.07, 6.45) is 18.5. The van der Waals surface area contributed by atoms with Gasteiger partial charge in [0.15, 0.2) is 0 Å². The molecule has 2 saturated heterocycles. The number of halogens is 2. The summed E-state index contributed by atoms with van der Waals surface area (Å²) in [6.45, 7) is 12.1. The van der Waals surface area contributed by atoms with Crippen molar-refractivity contribution >= 4 is 63.1 Å². The maximum atomic E-state index is 14.1. The van der Waals surface area contributed by atoms with Crippen LogP contribution >= 0.6 is 22.9 Å². The van der Waals surface area contributed by atoms with Gasteiger partial charge in [-0.2, -0.15) is 0 Å². The second-order valence-corrected chi connectivity index (χ2v) is 22.7. The van der Waals surface area contributed by atoms with Gasteiger partial charge in [0.1, 0.15) is 48.1 Å². The van der Waals surface area contributed by atoms with Crippen molar-refractivity contribution < 1.29 is 28.6 Å². The highest BCUT2D eigenvalue weighted by molar-refractivity contribution is 7.13. The van der Waals surface area contributed by atoms with E-state index in [-0.39, 0.29) is 48.9 Å². The first-order valence-electron chi connectivity index (χ1n) is 27.1. The number of amides is 3. The lowest BCUT2D eigenvalue weighted by atomic mass is 9.85. The molecule has 0 spiro atoms. The van der Waals surface area contributed by atoms with E-state index in [1.807, 2.05) is 80.5 Å². The fraction of sp³-hybridized carbons (Fsp3) is 0.483. The van der Waals surface area contributed by atoms with Gasteiger partial charge in [-0.05, 0) is 98.5 Å². The number of benzene rings is 3. The van der Waals surface area contributed by atoms with Crippen LogP contribution in [0.5, 0.6) is 5.75 Å². The Bertz CT molecular complexity index is 2960. The minimum atomic E-state index is -0.860. The number of nitrogens with zero attached hydrogens (tertiary/aromatic N) is 8. The number of ether oxygens (including phenoxy) is 1. The van der Waals surface area contributed by atoms with Crippen molar-refractivity contribution in [2.24, 2.45) is 5.41 Å². The maximum absolute atomic E-state index is 14.1. The van der Waals surface area contributed by atoms with Gasteiger partial charge in [0.25, 0.3) is 0 Å². The molecule has 2 aliphatic rings. The Morgan fingerprint density at radius 3 is 2.45 bits per heavy atom. The average molecular weight is 1090 g/mol. The number of nitrogens with one attached hydrogen (secondary N) is 3. The van der Waals surface area contributed by atoms with Crippen LogP contribution in [0.1, 0.15) is 120 Å². The zero-order valence-corrected chi connectivity index (χ0v) is 46.4. The van der Waals surface area contributed by atoms with Crippen LogP contribution in [0.4, 0.5) is 15.9 Å². The number of aromatic nitrogens is 6. The molecule has 3 aromatic heterocycles. The molecule has 3 amide bonds. The van der Waals surface area contributed by atoms with E-state index in [4.69, 9.17) is 16.3 Å². The highest BCUT2D eigenvalue weighted by Crippen LogP contribution is 2.33. The summed E-state index contributed by atoms with van der Waals surface area (Å²) in [7, 11) is 0. The Balaban J connectivity index is 0.747. The van der Waals surface area contributed by atoms with E-state index >= 15 is 0 Å². The van der Waals surface area contributed by atoms with E-state index in [2.05, 4.69) is 58.3 Å². The number of aryl methyl sites for hydroxylation is 2. The highest BCUT2D eigenvalue weighted by Gasteiger charge is 2.44. The van der Waals surface area contributed by atoms with E-state index < -0.39 is 29.4 Å². The van der Waals surface area contributed by atoms with Gasteiger partial charge in [-0.15, -0.1) is 16.4 Å². The number of thiazole rings is 1. The Kier molecular flexibility index (Phi) is 20.2. The molecule has 77 heavy (non-hydrogen) atoms. The SMILES string of the molecule is Cc1ncsc1-c1ccc(CNC(=O)[C@@H]2C[C@@H](O)CN2C(=O)[C@@H](NC(=O)CCCCCCCCCn2cc(COc3cc4ncnc(Nc5ccc(F)c(Cl)c5)c4cc3C/C=C/CN3CCCCC3)nn2)C(C)(C)C)cc1. The topological polar surface area (TPSA) is 193 Å². The molecule has 6 aromatic rings. The summed E-state index contributed by atoms with van der Waals surface area (Å²) in [5.74, 6) is -0.121. The number of hydrogen-bond acceptors (Lipinski definition) is 13. The molecule has 8 rings (SSSR count). The van der Waals surface area contributed by atoms with Crippen molar-refractivity contribution in [3.63, 3.8) is 0 Å². The van der Waals surface area contributed by atoms with Gasteiger partial charge in [-0.25, -0.2) is 19.3 Å². The Hall–Kier alpha value is -6.34. The lowest BCUT2D eigenvalue weighted by molar-refractivity contribution is -0.144. The smallest absolute Gasteiger partial charge is 0.246 e. The van der Waals surface area contributed by atoms with Gasteiger partial charge in [-0.3, -0.25) is 24.0 Å². The number of piperidine rings is 1. The third-order valence-electron chi connectivity index (χ3n) is 14.3. The molecule has 3 atom stereocenters. The molecule has 16 nitrogen and oxygen atoms in total. The number of allylic oxidation sites excluding steroid dienone is 1. The number of aliphatic hydroxyl groups is 1. The summed E-state index contributed by atoms with van der Waals surface area (Å²) >= 11 is 7.66. The Morgan fingerprint density at radius 1 is 0.948 bits per heavy atom. The summed E-state index contributed by atoms with van der Waals surface area (Å²) in [6, 6.07) is 14.7. The van der Waals surface area contributed by atoms with Crippen LogP contribution in [0.2, 0.25) is 5.02 Å². The van der Waals surface area contributed by atoms with Crippen molar-refractivity contribution in [2.75, 3.05) is 31.5 Å². The van der Waals surface area contributed by atoms with E-state index in [1.165, 1.54) is 42.6 Å². The Labute approximate surface area is 460 Å². The number of rotatable bonds is 25. The number of aliphatic hydroxyl groups excluding tert-OH is 1. The van der Waals surface area contributed by atoms with E-state index in [9.17, 15) is 23.9 Å². The zero-order valence-electron chi connectivity index (χ0n) is 44.8. The van der Waals surface area contributed by atoms with Crippen molar-refractivity contribution in [2.45, 2.75) is 149 Å². The third kappa shape index (κ3) is 16.1. The van der Waals surface area contributed by atoms with E-state index in [0.29, 0.717) is 42.0 Å².